The zero-order valence-corrected chi connectivity index (χ0v) is 11.6. The van der Waals surface area contributed by atoms with Crippen molar-refractivity contribution in [3.8, 4) is 0 Å². The number of hydrogen-bond donors (Lipinski definition) is 1. The van der Waals surface area contributed by atoms with E-state index >= 15 is 0 Å². The zero-order chi connectivity index (χ0) is 11.4. The molecule has 1 N–H and O–H groups in total. The molecule has 0 saturated heterocycles. The third kappa shape index (κ3) is 3.51. The quantitative estimate of drug-likeness (QED) is 0.845. The lowest BCUT2D eigenvalue weighted by Gasteiger charge is -2.16. The molecule has 3 heteroatoms. The van der Waals surface area contributed by atoms with Crippen LogP contribution in [0.15, 0.2) is 33.6 Å². The zero-order valence-electron chi connectivity index (χ0n) is 9.23. The highest BCUT2D eigenvalue weighted by molar-refractivity contribution is 9.10. The maximum Gasteiger partial charge on any atom is 0.0662 e. The number of thioether (sulfide) groups is 1. The monoisotopic (exact) mass is 300 g/mol. The molecule has 88 valence electrons. The Morgan fingerprint density at radius 3 is 2.50 bits per heavy atom. The van der Waals surface area contributed by atoms with Gasteiger partial charge in [-0.05, 0) is 43.0 Å². The van der Waals surface area contributed by atoms with Crippen LogP contribution in [0.2, 0.25) is 0 Å². The standard InChI is InChI=1S/C13H17BrOS/c14-11-5-7-12(8-6-11)16-9-13(15)10-3-1-2-4-10/h5-8,10,13,15H,1-4,9H2. The van der Waals surface area contributed by atoms with Gasteiger partial charge in [-0.15, -0.1) is 11.8 Å². The second-order valence-corrected chi connectivity index (χ2v) is 6.39. The van der Waals surface area contributed by atoms with Crippen molar-refractivity contribution >= 4 is 27.7 Å². The van der Waals surface area contributed by atoms with Gasteiger partial charge < -0.3 is 5.11 Å². The minimum absolute atomic E-state index is 0.129. The molecule has 1 aromatic rings. The fourth-order valence-electron chi connectivity index (χ4n) is 2.19. The van der Waals surface area contributed by atoms with Crippen LogP contribution < -0.4 is 0 Å². The summed E-state index contributed by atoms with van der Waals surface area (Å²) in [4.78, 5) is 1.24. The lowest BCUT2D eigenvalue weighted by atomic mass is 10.0. The summed E-state index contributed by atoms with van der Waals surface area (Å²) < 4.78 is 1.10. The van der Waals surface area contributed by atoms with Crippen LogP contribution in [0.25, 0.3) is 0 Å². The van der Waals surface area contributed by atoms with Gasteiger partial charge in [0.15, 0.2) is 0 Å². The van der Waals surface area contributed by atoms with Crippen molar-refractivity contribution in [3.05, 3.63) is 28.7 Å². The summed E-state index contributed by atoms with van der Waals surface area (Å²) >= 11 is 5.17. The average Bonchev–Trinajstić information content (AvgIpc) is 2.81. The van der Waals surface area contributed by atoms with Crippen LogP contribution in [0.3, 0.4) is 0 Å². The van der Waals surface area contributed by atoms with E-state index in [1.165, 1.54) is 30.6 Å². The topological polar surface area (TPSA) is 20.2 Å². The predicted octanol–water partition coefficient (Wildman–Crippen LogP) is 4.09. The SMILES string of the molecule is OC(CSc1ccc(Br)cc1)C1CCCC1. The van der Waals surface area contributed by atoms with Crippen LogP contribution >= 0.6 is 27.7 Å². The second kappa shape index (κ2) is 6.08. The van der Waals surface area contributed by atoms with Crippen molar-refractivity contribution in [2.24, 2.45) is 5.92 Å². The fraction of sp³-hybridized carbons (Fsp3) is 0.538. The smallest absolute Gasteiger partial charge is 0.0662 e. The molecule has 0 aromatic heterocycles. The first-order valence-corrected chi connectivity index (χ1v) is 7.60. The highest BCUT2D eigenvalue weighted by atomic mass is 79.9. The Labute approximate surface area is 110 Å². The van der Waals surface area contributed by atoms with Crippen LogP contribution in [-0.2, 0) is 0 Å². The van der Waals surface area contributed by atoms with E-state index in [0.29, 0.717) is 5.92 Å². The maximum atomic E-state index is 10.0. The van der Waals surface area contributed by atoms with E-state index in [1.807, 2.05) is 12.1 Å². The summed E-state index contributed by atoms with van der Waals surface area (Å²) in [6, 6.07) is 8.28. The van der Waals surface area contributed by atoms with E-state index in [1.54, 1.807) is 11.8 Å². The van der Waals surface area contributed by atoms with E-state index in [9.17, 15) is 5.11 Å². The van der Waals surface area contributed by atoms with Crippen molar-refractivity contribution < 1.29 is 5.11 Å². The molecule has 1 unspecified atom stereocenters. The molecule has 0 heterocycles. The van der Waals surface area contributed by atoms with Crippen LogP contribution in [0.1, 0.15) is 25.7 Å². The molecule has 0 amide bonds. The highest BCUT2D eigenvalue weighted by Crippen LogP contribution is 2.30. The summed E-state index contributed by atoms with van der Waals surface area (Å²) in [6.07, 6.45) is 4.88. The van der Waals surface area contributed by atoms with E-state index in [0.717, 1.165) is 10.2 Å². The molecular weight excluding hydrogens is 284 g/mol. The molecule has 1 atom stereocenters. The lowest BCUT2D eigenvalue weighted by Crippen LogP contribution is -2.20. The third-order valence-electron chi connectivity index (χ3n) is 3.18. The minimum Gasteiger partial charge on any atom is -0.392 e. The Morgan fingerprint density at radius 2 is 1.88 bits per heavy atom. The molecule has 1 nitrogen and oxygen atoms in total. The molecule has 0 radical (unpaired) electrons. The number of rotatable bonds is 4. The summed E-state index contributed by atoms with van der Waals surface area (Å²) in [5, 5.41) is 10.0. The Morgan fingerprint density at radius 1 is 1.25 bits per heavy atom. The van der Waals surface area contributed by atoms with Gasteiger partial charge in [0.25, 0.3) is 0 Å². The molecule has 16 heavy (non-hydrogen) atoms. The molecule has 1 saturated carbocycles. The minimum atomic E-state index is -0.129. The molecule has 0 aliphatic heterocycles. The second-order valence-electron chi connectivity index (χ2n) is 4.38. The number of benzene rings is 1. The summed E-state index contributed by atoms with van der Waals surface area (Å²) in [5.74, 6) is 1.37. The van der Waals surface area contributed by atoms with Gasteiger partial charge in [-0.25, -0.2) is 0 Å². The number of hydrogen-bond acceptors (Lipinski definition) is 2. The van der Waals surface area contributed by atoms with E-state index < -0.39 is 0 Å². The van der Waals surface area contributed by atoms with Crippen molar-refractivity contribution in [2.75, 3.05) is 5.75 Å². The van der Waals surface area contributed by atoms with Gasteiger partial charge >= 0.3 is 0 Å². The summed E-state index contributed by atoms with van der Waals surface area (Å²) in [7, 11) is 0. The van der Waals surface area contributed by atoms with Gasteiger partial charge in [0, 0.05) is 15.1 Å². The fourth-order valence-corrected chi connectivity index (χ4v) is 3.42. The number of aliphatic hydroxyl groups is 1. The molecule has 1 aromatic carbocycles. The number of halogens is 1. The largest absolute Gasteiger partial charge is 0.392 e. The van der Waals surface area contributed by atoms with Gasteiger partial charge in [-0.3, -0.25) is 0 Å². The predicted molar refractivity (Wildman–Crippen MR) is 72.8 cm³/mol. The van der Waals surface area contributed by atoms with Crippen molar-refractivity contribution in [1.29, 1.82) is 0 Å². The normalized spacial score (nSPS) is 18.9. The highest BCUT2D eigenvalue weighted by Gasteiger charge is 2.22. The van der Waals surface area contributed by atoms with Crippen LogP contribution in [0.4, 0.5) is 0 Å². The van der Waals surface area contributed by atoms with Crippen LogP contribution in [-0.4, -0.2) is 17.0 Å². The third-order valence-corrected chi connectivity index (χ3v) is 4.82. The van der Waals surface area contributed by atoms with Crippen LogP contribution in [0.5, 0.6) is 0 Å². The van der Waals surface area contributed by atoms with Crippen molar-refractivity contribution in [1.82, 2.24) is 0 Å². The molecule has 1 aliphatic carbocycles. The first-order valence-electron chi connectivity index (χ1n) is 5.82. The van der Waals surface area contributed by atoms with E-state index in [-0.39, 0.29) is 6.10 Å². The molecule has 0 bridgehead atoms. The van der Waals surface area contributed by atoms with Crippen molar-refractivity contribution in [2.45, 2.75) is 36.7 Å². The molecular formula is C13H17BrOS. The van der Waals surface area contributed by atoms with Gasteiger partial charge in [-0.1, -0.05) is 28.8 Å². The van der Waals surface area contributed by atoms with Gasteiger partial charge in [0.2, 0.25) is 0 Å². The van der Waals surface area contributed by atoms with Gasteiger partial charge in [0.1, 0.15) is 0 Å². The summed E-state index contributed by atoms with van der Waals surface area (Å²) in [5.41, 5.74) is 0. The van der Waals surface area contributed by atoms with E-state index in [2.05, 4.69) is 28.1 Å². The number of aliphatic hydroxyl groups excluding tert-OH is 1. The Balaban J connectivity index is 1.80. The first-order chi connectivity index (χ1) is 7.75. The summed E-state index contributed by atoms with van der Waals surface area (Å²) in [6.45, 7) is 0. The maximum absolute atomic E-state index is 10.0. The molecule has 1 fully saturated rings. The van der Waals surface area contributed by atoms with Gasteiger partial charge in [0.05, 0.1) is 6.10 Å². The first kappa shape index (κ1) is 12.5. The Bertz CT molecular complexity index is 319. The molecule has 0 spiro atoms. The van der Waals surface area contributed by atoms with E-state index in [4.69, 9.17) is 0 Å². The average molecular weight is 301 g/mol. The molecule has 2 rings (SSSR count). The molecule has 1 aliphatic rings. The van der Waals surface area contributed by atoms with Crippen molar-refractivity contribution in [3.63, 3.8) is 0 Å². The Hall–Kier alpha value is 0.01000. The van der Waals surface area contributed by atoms with Gasteiger partial charge in [-0.2, -0.15) is 0 Å². The lowest BCUT2D eigenvalue weighted by molar-refractivity contribution is 0.133. The van der Waals surface area contributed by atoms with Crippen LogP contribution in [0, 0.1) is 5.92 Å². The Kier molecular flexibility index (Phi) is 4.74.